The standard InChI is InChI=1S/C17H14BrN3O3S/c18-13-3-7-15(8-4-13)25-11-17(23)21-20-16(22)10-24-14-5-1-12(9-19)2-6-14/h1-8H,10-11H2,(H,20,22)(H,21,23). The van der Waals surface area contributed by atoms with Gasteiger partial charge in [0.2, 0.25) is 5.91 Å². The summed E-state index contributed by atoms with van der Waals surface area (Å²) in [5, 5.41) is 8.70. The molecule has 2 aromatic carbocycles. The summed E-state index contributed by atoms with van der Waals surface area (Å²) >= 11 is 4.70. The first-order valence-corrected chi connectivity index (χ1v) is 8.93. The van der Waals surface area contributed by atoms with Crippen molar-refractivity contribution in [3.8, 4) is 11.8 Å². The molecule has 0 aromatic heterocycles. The molecule has 0 aliphatic carbocycles. The lowest BCUT2D eigenvalue weighted by Crippen LogP contribution is -2.44. The minimum atomic E-state index is -0.480. The number of nitriles is 1. The Balaban J connectivity index is 1.65. The van der Waals surface area contributed by atoms with Crippen LogP contribution in [0.25, 0.3) is 0 Å². The van der Waals surface area contributed by atoms with E-state index in [-0.39, 0.29) is 18.3 Å². The maximum absolute atomic E-state index is 11.7. The van der Waals surface area contributed by atoms with Crippen molar-refractivity contribution >= 4 is 39.5 Å². The van der Waals surface area contributed by atoms with Crippen molar-refractivity contribution in [1.82, 2.24) is 10.9 Å². The van der Waals surface area contributed by atoms with Gasteiger partial charge in [-0.3, -0.25) is 20.4 Å². The number of amides is 2. The first-order chi connectivity index (χ1) is 12.1. The Hall–Kier alpha value is -2.50. The van der Waals surface area contributed by atoms with E-state index in [9.17, 15) is 9.59 Å². The van der Waals surface area contributed by atoms with Crippen LogP contribution in [0.3, 0.4) is 0 Å². The summed E-state index contributed by atoms with van der Waals surface area (Å²) < 4.78 is 6.23. The third-order valence-electron chi connectivity index (χ3n) is 2.88. The van der Waals surface area contributed by atoms with E-state index in [1.165, 1.54) is 11.8 Å². The van der Waals surface area contributed by atoms with Crippen molar-refractivity contribution < 1.29 is 14.3 Å². The molecule has 0 aliphatic rings. The maximum Gasteiger partial charge on any atom is 0.276 e. The van der Waals surface area contributed by atoms with Gasteiger partial charge < -0.3 is 4.74 Å². The third-order valence-corrected chi connectivity index (χ3v) is 4.42. The molecule has 2 rings (SSSR count). The molecule has 0 unspecified atom stereocenters. The number of hydrogen-bond acceptors (Lipinski definition) is 5. The topological polar surface area (TPSA) is 91.2 Å². The number of hydrogen-bond donors (Lipinski definition) is 2. The van der Waals surface area contributed by atoms with E-state index in [2.05, 4.69) is 26.8 Å². The van der Waals surface area contributed by atoms with Crippen molar-refractivity contribution in [1.29, 1.82) is 5.26 Å². The van der Waals surface area contributed by atoms with Crippen molar-refractivity contribution in [2.45, 2.75) is 4.90 Å². The number of carbonyl (C=O) groups is 2. The predicted molar refractivity (Wildman–Crippen MR) is 97.8 cm³/mol. The summed E-state index contributed by atoms with van der Waals surface area (Å²) in [5.74, 6) is -0.157. The number of ether oxygens (including phenoxy) is 1. The molecule has 0 aliphatic heterocycles. The van der Waals surface area contributed by atoms with Crippen LogP contribution < -0.4 is 15.6 Å². The number of thioether (sulfide) groups is 1. The average Bonchev–Trinajstić information content (AvgIpc) is 2.64. The second-order valence-electron chi connectivity index (χ2n) is 4.76. The fraction of sp³-hybridized carbons (Fsp3) is 0.118. The van der Waals surface area contributed by atoms with E-state index in [4.69, 9.17) is 10.00 Å². The predicted octanol–water partition coefficient (Wildman–Crippen LogP) is 2.64. The van der Waals surface area contributed by atoms with Crippen LogP contribution in [-0.4, -0.2) is 24.2 Å². The van der Waals surface area contributed by atoms with Crippen LogP contribution in [0.4, 0.5) is 0 Å². The van der Waals surface area contributed by atoms with Crippen molar-refractivity contribution in [3.63, 3.8) is 0 Å². The summed E-state index contributed by atoms with van der Waals surface area (Å²) in [6.45, 7) is -0.244. The number of benzene rings is 2. The molecule has 6 nitrogen and oxygen atoms in total. The molecule has 0 heterocycles. The van der Waals surface area contributed by atoms with E-state index in [0.29, 0.717) is 11.3 Å². The third kappa shape index (κ3) is 6.87. The average molecular weight is 420 g/mol. The second-order valence-corrected chi connectivity index (χ2v) is 6.73. The Labute approximate surface area is 157 Å². The zero-order valence-electron chi connectivity index (χ0n) is 13.0. The van der Waals surface area contributed by atoms with Crippen LogP contribution in [0.1, 0.15) is 5.56 Å². The lowest BCUT2D eigenvalue weighted by molar-refractivity contribution is -0.128. The Bertz CT molecular complexity index is 773. The lowest BCUT2D eigenvalue weighted by atomic mass is 10.2. The molecule has 0 atom stereocenters. The van der Waals surface area contributed by atoms with Gasteiger partial charge >= 0.3 is 0 Å². The number of nitrogens with zero attached hydrogens (tertiary/aromatic N) is 1. The Morgan fingerprint density at radius 2 is 1.68 bits per heavy atom. The molecule has 0 fully saturated rings. The molecule has 2 amide bonds. The van der Waals surface area contributed by atoms with Gasteiger partial charge in [0.25, 0.3) is 5.91 Å². The molecule has 128 valence electrons. The first-order valence-electron chi connectivity index (χ1n) is 7.16. The van der Waals surface area contributed by atoms with Crippen LogP contribution in [0, 0.1) is 11.3 Å². The summed E-state index contributed by atoms with van der Waals surface area (Å²) in [5.41, 5.74) is 5.12. The summed E-state index contributed by atoms with van der Waals surface area (Å²) in [7, 11) is 0. The molecule has 8 heteroatoms. The molecular formula is C17H14BrN3O3S. The monoisotopic (exact) mass is 419 g/mol. The summed E-state index contributed by atoms with van der Waals surface area (Å²) in [6, 6.07) is 15.9. The smallest absolute Gasteiger partial charge is 0.276 e. The summed E-state index contributed by atoms with van der Waals surface area (Å²) in [4.78, 5) is 24.3. The van der Waals surface area contributed by atoms with Gasteiger partial charge in [-0.1, -0.05) is 15.9 Å². The molecule has 2 aromatic rings. The second kappa shape index (κ2) is 9.71. The zero-order valence-corrected chi connectivity index (χ0v) is 15.4. The quantitative estimate of drug-likeness (QED) is 0.554. The zero-order chi connectivity index (χ0) is 18.1. The normalized spacial score (nSPS) is 9.76. The molecule has 2 N–H and O–H groups in total. The van der Waals surface area contributed by atoms with Crippen molar-refractivity contribution in [2.24, 2.45) is 0 Å². The SMILES string of the molecule is N#Cc1ccc(OCC(=O)NNC(=O)CSc2ccc(Br)cc2)cc1. The number of nitrogens with one attached hydrogen (secondary N) is 2. The number of hydrazine groups is 1. The number of rotatable bonds is 6. The minimum Gasteiger partial charge on any atom is -0.484 e. The van der Waals surface area contributed by atoms with Crippen LogP contribution in [0.2, 0.25) is 0 Å². The van der Waals surface area contributed by atoms with Crippen molar-refractivity contribution in [2.75, 3.05) is 12.4 Å². The number of carbonyl (C=O) groups excluding carboxylic acids is 2. The fourth-order valence-electron chi connectivity index (χ4n) is 1.67. The highest BCUT2D eigenvalue weighted by Crippen LogP contribution is 2.20. The maximum atomic E-state index is 11.7. The minimum absolute atomic E-state index is 0.179. The van der Waals surface area contributed by atoms with Gasteiger partial charge in [-0.05, 0) is 48.5 Å². The molecule has 0 bridgehead atoms. The lowest BCUT2D eigenvalue weighted by Gasteiger charge is -2.09. The van der Waals surface area contributed by atoms with E-state index < -0.39 is 5.91 Å². The van der Waals surface area contributed by atoms with Gasteiger partial charge in [-0.2, -0.15) is 5.26 Å². The van der Waals surface area contributed by atoms with E-state index in [1.54, 1.807) is 24.3 Å². The van der Waals surface area contributed by atoms with Gasteiger partial charge in [0.1, 0.15) is 5.75 Å². The largest absolute Gasteiger partial charge is 0.484 e. The first kappa shape index (κ1) is 18.8. The molecule has 0 saturated carbocycles. The van der Waals surface area contributed by atoms with Crippen molar-refractivity contribution in [3.05, 3.63) is 58.6 Å². The number of halogens is 1. The Morgan fingerprint density at radius 1 is 1.04 bits per heavy atom. The van der Waals surface area contributed by atoms with Gasteiger partial charge in [-0.15, -0.1) is 11.8 Å². The van der Waals surface area contributed by atoms with Crippen LogP contribution >= 0.6 is 27.7 Å². The van der Waals surface area contributed by atoms with Gasteiger partial charge in [0.05, 0.1) is 17.4 Å². The molecule has 0 radical (unpaired) electrons. The van der Waals surface area contributed by atoms with Crippen LogP contribution in [0.5, 0.6) is 5.75 Å². The molecular weight excluding hydrogens is 406 g/mol. The Kier molecular flexibility index (Phi) is 7.32. The van der Waals surface area contributed by atoms with E-state index in [0.717, 1.165) is 9.37 Å². The highest BCUT2D eigenvalue weighted by Gasteiger charge is 2.06. The van der Waals surface area contributed by atoms with E-state index in [1.807, 2.05) is 30.3 Å². The van der Waals surface area contributed by atoms with E-state index >= 15 is 0 Å². The van der Waals surface area contributed by atoms with Crippen LogP contribution in [-0.2, 0) is 9.59 Å². The fourth-order valence-corrected chi connectivity index (χ4v) is 2.63. The molecule has 25 heavy (non-hydrogen) atoms. The van der Waals surface area contributed by atoms with Gasteiger partial charge in [-0.25, -0.2) is 0 Å². The Morgan fingerprint density at radius 3 is 2.32 bits per heavy atom. The summed E-state index contributed by atoms with van der Waals surface area (Å²) in [6.07, 6.45) is 0. The van der Waals surface area contributed by atoms with Gasteiger partial charge in [0, 0.05) is 9.37 Å². The highest BCUT2D eigenvalue weighted by atomic mass is 79.9. The van der Waals surface area contributed by atoms with Gasteiger partial charge in [0.15, 0.2) is 6.61 Å². The molecule has 0 saturated heterocycles. The van der Waals surface area contributed by atoms with Crippen LogP contribution in [0.15, 0.2) is 57.9 Å². The highest BCUT2D eigenvalue weighted by molar-refractivity contribution is 9.10. The molecule has 0 spiro atoms.